The van der Waals surface area contributed by atoms with Crippen LogP contribution in [0.2, 0.25) is 0 Å². The molecule has 114 valence electrons. The molecule has 0 heterocycles. The van der Waals surface area contributed by atoms with Gasteiger partial charge in [0.2, 0.25) is 5.91 Å². The first kappa shape index (κ1) is 16.7. The molecule has 0 radical (unpaired) electrons. The zero-order chi connectivity index (χ0) is 15.8. The van der Waals surface area contributed by atoms with Crippen LogP contribution in [0.5, 0.6) is 0 Å². The van der Waals surface area contributed by atoms with Crippen molar-refractivity contribution >= 4 is 17.8 Å². The maximum absolute atomic E-state index is 12.2. The standard InChI is InChI=1S/C15H19NO5/c1-11(15(19)21-3)16(13(17)9-14(18)20-2)10-12-7-5-4-6-8-12/h4-8,11H,9-10H2,1-3H3/t11-/m1/s1. The Morgan fingerprint density at radius 1 is 1.10 bits per heavy atom. The predicted molar refractivity (Wildman–Crippen MR) is 75.1 cm³/mol. The van der Waals surface area contributed by atoms with Crippen LogP contribution in [0.15, 0.2) is 30.3 Å². The smallest absolute Gasteiger partial charge is 0.328 e. The molecule has 0 unspecified atom stereocenters. The number of hydrogen-bond acceptors (Lipinski definition) is 5. The van der Waals surface area contributed by atoms with Crippen molar-refractivity contribution in [1.29, 1.82) is 0 Å². The number of rotatable bonds is 6. The monoisotopic (exact) mass is 293 g/mol. The van der Waals surface area contributed by atoms with Crippen LogP contribution >= 0.6 is 0 Å². The van der Waals surface area contributed by atoms with Gasteiger partial charge in [0.25, 0.3) is 0 Å². The molecule has 0 fully saturated rings. The summed E-state index contributed by atoms with van der Waals surface area (Å²) in [5.74, 6) is -1.66. The highest BCUT2D eigenvalue weighted by atomic mass is 16.5. The van der Waals surface area contributed by atoms with Gasteiger partial charge in [0.15, 0.2) is 0 Å². The number of amides is 1. The van der Waals surface area contributed by atoms with Crippen LogP contribution < -0.4 is 0 Å². The molecule has 21 heavy (non-hydrogen) atoms. The van der Waals surface area contributed by atoms with Crippen molar-refractivity contribution in [3.05, 3.63) is 35.9 Å². The molecule has 0 saturated carbocycles. The number of carbonyl (C=O) groups is 3. The minimum Gasteiger partial charge on any atom is -0.469 e. The Balaban J connectivity index is 2.91. The number of methoxy groups -OCH3 is 2. The maximum Gasteiger partial charge on any atom is 0.328 e. The van der Waals surface area contributed by atoms with Gasteiger partial charge in [-0.3, -0.25) is 9.59 Å². The zero-order valence-electron chi connectivity index (χ0n) is 12.4. The van der Waals surface area contributed by atoms with Gasteiger partial charge in [-0.05, 0) is 12.5 Å². The molecule has 0 aliphatic rings. The third-order valence-corrected chi connectivity index (χ3v) is 3.05. The lowest BCUT2D eigenvalue weighted by atomic mass is 10.1. The SMILES string of the molecule is COC(=O)CC(=O)N(Cc1ccccc1)[C@H](C)C(=O)OC. The van der Waals surface area contributed by atoms with Crippen molar-refractivity contribution in [2.24, 2.45) is 0 Å². The quantitative estimate of drug-likeness (QED) is 0.581. The van der Waals surface area contributed by atoms with Crippen LogP contribution in [-0.4, -0.2) is 43.0 Å². The van der Waals surface area contributed by atoms with Crippen molar-refractivity contribution < 1.29 is 23.9 Å². The second-order valence-electron chi connectivity index (χ2n) is 4.46. The highest BCUT2D eigenvalue weighted by molar-refractivity contribution is 5.96. The summed E-state index contributed by atoms with van der Waals surface area (Å²) < 4.78 is 9.15. The van der Waals surface area contributed by atoms with Gasteiger partial charge in [0, 0.05) is 6.54 Å². The molecule has 1 rings (SSSR count). The van der Waals surface area contributed by atoms with Crippen molar-refractivity contribution in [2.45, 2.75) is 25.9 Å². The highest BCUT2D eigenvalue weighted by Gasteiger charge is 2.28. The normalized spacial score (nSPS) is 11.4. The van der Waals surface area contributed by atoms with Crippen molar-refractivity contribution in [3.8, 4) is 0 Å². The summed E-state index contributed by atoms with van der Waals surface area (Å²) in [6.07, 6.45) is -0.412. The van der Waals surface area contributed by atoms with Gasteiger partial charge >= 0.3 is 11.9 Å². The Bertz CT molecular complexity index is 500. The largest absolute Gasteiger partial charge is 0.469 e. The third kappa shape index (κ3) is 4.91. The molecule has 0 aliphatic heterocycles. The molecule has 1 aromatic rings. The number of esters is 2. The Hall–Kier alpha value is -2.37. The maximum atomic E-state index is 12.2. The van der Waals surface area contributed by atoms with E-state index in [4.69, 9.17) is 0 Å². The number of nitrogens with zero attached hydrogens (tertiary/aromatic N) is 1. The first-order valence-corrected chi connectivity index (χ1v) is 6.47. The van der Waals surface area contributed by atoms with Crippen LogP contribution in [0.25, 0.3) is 0 Å². The summed E-state index contributed by atoms with van der Waals surface area (Å²) >= 11 is 0. The molecule has 0 N–H and O–H groups in total. The summed E-state index contributed by atoms with van der Waals surface area (Å²) in [5.41, 5.74) is 0.853. The van der Waals surface area contributed by atoms with Gasteiger partial charge in [-0.25, -0.2) is 4.79 Å². The van der Waals surface area contributed by atoms with E-state index in [0.717, 1.165) is 5.56 Å². The first-order valence-electron chi connectivity index (χ1n) is 6.47. The van der Waals surface area contributed by atoms with E-state index in [1.54, 1.807) is 6.92 Å². The third-order valence-electron chi connectivity index (χ3n) is 3.05. The Labute approximate surface area is 123 Å². The Morgan fingerprint density at radius 2 is 1.71 bits per heavy atom. The molecule has 1 aromatic carbocycles. The first-order chi connectivity index (χ1) is 9.99. The molecule has 6 nitrogen and oxygen atoms in total. The summed E-state index contributed by atoms with van der Waals surface area (Å²) in [6.45, 7) is 1.77. The van der Waals surface area contributed by atoms with E-state index in [2.05, 4.69) is 9.47 Å². The summed E-state index contributed by atoms with van der Waals surface area (Å²) in [5, 5.41) is 0. The van der Waals surface area contributed by atoms with Crippen LogP contribution in [-0.2, 0) is 30.4 Å². The second-order valence-corrected chi connectivity index (χ2v) is 4.46. The Kier molecular flexibility index (Phi) is 6.39. The van der Waals surface area contributed by atoms with Gasteiger partial charge in [-0.1, -0.05) is 30.3 Å². The van der Waals surface area contributed by atoms with Gasteiger partial charge in [-0.15, -0.1) is 0 Å². The molecule has 1 amide bonds. The minimum absolute atomic E-state index is 0.215. The fourth-order valence-corrected chi connectivity index (χ4v) is 1.82. The van der Waals surface area contributed by atoms with E-state index >= 15 is 0 Å². The average Bonchev–Trinajstić information content (AvgIpc) is 2.51. The fraction of sp³-hybridized carbons (Fsp3) is 0.400. The van der Waals surface area contributed by atoms with E-state index in [1.165, 1.54) is 19.1 Å². The molecule has 0 aromatic heterocycles. The predicted octanol–water partition coefficient (Wildman–Crippen LogP) is 1.14. The molecular formula is C15H19NO5. The molecule has 0 spiro atoms. The molecular weight excluding hydrogens is 274 g/mol. The number of ether oxygens (including phenoxy) is 2. The van der Waals surface area contributed by atoms with E-state index < -0.39 is 30.3 Å². The molecule has 6 heteroatoms. The second kappa shape index (κ2) is 8.04. The van der Waals surface area contributed by atoms with Crippen LogP contribution in [0.4, 0.5) is 0 Å². The summed E-state index contributed by atoms with van der Waals surface area (Å²) in [4.78, 5) is 36.4. The van der Waals surface area contributed by atoms with Crippen LogP contribution in [0.3, 0.4) is 0 Å². The van der Waals surface area contributed by atoms with Gasteiger partial charge in [0.05, 0.1) is 14.2 Å². The van der Waals surface area contributed by atoms with Gasteiger partial charge < -0.3 is 14.4 Å². The van der Waals surface area contributed by atoms with Crippen molar-refractivity contribution in [1.82, 2.24) is 4.90 Å². The lowest BCUT2D eigenvalue weighted by Gasteiger charge is -2.27. The fourth-order valence-electron chi connectivity index (χ4n) is 1.82. The number of benzene rings is 1. The zero-order valence-corrected chi connectivity index (χ0v) is 12.4. The molecule has 1 atom stereocenters. The summed E-state index contributed by atoms with van der Waals surface area (Å²) in [7, 11) is 2.46. The molecule has 0 aliphatic carbocycles. The molecule has 0 bridgehead atoms. The topological polar surface area (TPSA) is 72.9 Å². The van der Waals surface area contributed by atoms with E-state index in [9.17, 15) is 14.4 Å². The van der Waals surface area contributed by atoms with Gasteiger partial charge in [-0.2, -0.15) is 0 Å². The van der Waals surface area contributed by atoms with E-state index in [0.29, 0.717) is 0 Å². The average molecular weight is 293 g/mol. The van der Waals surface area contributed by atoms with Crippen molar-refractivity contribution in [3.63, 3.8) is 0 Å². The minimum atomic E-state index is -0.785. The molecule has 0 saturated heterocycles. The Morgan fingerprint density at radius 3 is 2.24 bits per heavy atom. The van der Waals surface area contributed by atoms with E-state index in [-0.39, 0.29) is 6.54 Å². The van der Waals surface area contributed by atoms with Gasteiger partial charge in [0.1, 0.15) is 12.5 Å². The number of hydrogen-bond donors (Lipinski definition) is 0. The highest BCUT2D eigenvalue weighted by Crippen LogP contribution is 2.11. The summed E-state index contributed by atoms with van der Waals surface area (Å²) in [6, 6.07) is 8.41. The lowest BCUT2D eigenvalue weighted by molar-refractivity contribution is -0.156. The van der Waals surface area contributed by atoms with Crippen LogP contribution in [0, 0.1) is 0 Å². The van der Waals surface area contributed by atoms with E-state index in [1.807, 2.05) is 30.3 Å². The number of carbonyl (C=O) groups excluding carboxylic acids is 3. The van der Waals surface area contributed by atoms with Crippen molar-refractivity contribution in [2.75, 3.05) is 14.2 Å². The van der Waals surface area contributed by atoms with Crippen LogP contribution in [0.1, 0.15) is 18.9 Å². The lowest BCUT2D eigenvalue weighted by Crippen LogP contribution is -2.44.